The first-order valence-electron chi connectivity index (χ1n) is 8.69. The van der Waals surface area contributed by atoms with Gasteiger partial charge in [-0.15, -0.1) is 0 Å². The third kappa shape index (κ3) is 3.85. The zero-order valence-corrected chi connectivity index (χ0v) is 14.3. The molecule has 3 heteroatoms. The number of carbonyl (C=O) groups is 1. The van der Waals surface area contributed by atoms with Crippen LogP contribution >= 0.6 is 0 Å². The van der Waals surface area contributed by atoms with E-state index in [9.17, 15) is 4.79 Å². The molecule has 0 aliphatic heterocycles. The van der Waals surface area contributed by atoms with E-state index in [4.69, 9.17) is 5.73 Å². The molecule has 126 valence electrons. The SMILES string of the molecule is CC1(C(N)=O)CC[C@@H](N(Cc2ccccc2)Cc2ccccc2)C1. The van der Waals surface area contributed by atoms with Crippen molar-refractivity contribution in [2.24, 2.45) is 11.1 Å². The molecule has 1 aliphatic carbocycles. The molecule has 0 aromatic heterocycles. The summed E-state index contributed by atoms with van der Waals surface area (Å²) < 4.78 is 0. The summed E-state index contributed by atoms with van der Waals surface area (Å²) in [7, 11) is 0. The van der Waals surface area contributed by atoms with Crippen molar-refractivity contribution in [3.05, 3.63) is 71.8 Å². The summed E-state index contributed by atoms with van der Waals surface area (Å²) >= 11 is 0. The quantitative estimate of drug-likeness (QED) is 0.881. The van der Waals surface area contributed by atoms with Gasteiger partial charge >= 0.3 is 0 Å². The van der Waals surface area contributed by atoms with Crippen LogP contribution in [0, 0.1) is 5.41 Å². The minimum atomic E-state index is -0.365. The maximum absolute atomic E-state index is 11.8. The second kappa shape index (κ2) is 7.18. The minimum Gasteiger partial charge on any atom is -0.369 e. The van der Waals surface area contributed by atoms with Crippen molar-refractivity contribution in [2.75, 3.05) is 0 Å². The van der Waals surface area contributed by atoms with E-state index in [1.165, 1.54) is 11.1 Å². The molecule has 2 N–H and O–H groups in total. The highest BCUT2D eigenvalue weighted by Crippen LogP contribution is 2.40. The Morgan fingerprint density at radius 1 is 1.04 bits per heavy atom. The van der Waals surface area contributed by atoms with Crippen molar-refractivity contribution in [1.29, 1.82) is 0 Å². The molecule has 24 heavy (non-hydrogen) atoms. The van der Waals surface area contributed by atoms with Gasteiger partial charge in [0.05, 0.1) is 0 Å². The fourth-order valence-electron chi connectivity index (χ4n) is 3.69. The van der Waals surface area contributed by atoms with Gasteiger partial charge in [0.1, 0.15) is 0 Å². The van der Waals surface area contributed by atoms with Crippen molar-refractivity contribution < 1.29 is 4.79 Å². The second-order valence-corrected chi connectivity index (χ2v) is 7.20. The Balaban J connectivity index is 1.78. The predicted octanol–water partition coefficient (Wildman–Crippen LogP) is 3.73. The standard InChI is InChI=1S/C21H26N2O/c1-21(20(22)24)13-12-19(14-21)23(15-17-8-4-2-5-9-17)16-18-10-6-3-7-11-18/h2-11,19H,12-16H2,1H3,(H2,22,24)/t19-,21?/m1/s1. The normalized spacial score (nSPS) is 23.5. The Bertz CT molecular complexity index is 629. The van der Waals surface area contributed by atoms with Crippen molar-refractivity contribution in [1.82, 2.24) is 4.90 Å². The summed E-state index contributed by atoms with van der Waals surface area (Å²) in [5.74, 6) is -0.163. The van der Waals surface area contributed by atoms with Gasteiger partial charge in [0.2, 0.25) is 5.91 Å². The largest absolute Gasteiger partial charge is 0.369 e. The summed E-state index contributed by atoms with van der Waals surface area (Å²) in [5.41, 5.74) is 7.89. The highest BCUT2D eigenvalue weighted by atomic mass is 16.1. The first-order chi connectivity index (χ1) is 11.6. The molecule has 0 spiro atoms. The molecule has 0 heterocycles. The lowest BCUT2D eigenvalue weighted by Gasteiger charge is -2.30. The third-order valence-corrected chi connectivity index (χ3v) is 5.28. The average Bonchev–Trinajstić information content (AvgIpc) is 3.00. The maximum atomic E-state index is 11.8. The number of nitrogens with two attached hydrogens (primary N) is 1. The average molecular weight is 322 g/mol. The molecule has 2 atom stereocenters. The molecule has 1 aliphatic rings. The fourth-order valence-corrected chi connectivity index (χ4v) is 3.69. The second-order valence-electron chi connectivity index (χ2n) is 7.20. The molecule has 1 unspecified atom stereocenters. The molecule has 0 radical (unpaired) electrons. The van der Waals surface area contributed by atoms with Gasteiger partial charge in [-0.3, -0.25) is 9.69 Å². The number of carbonyl (C=O) groups excluding carboxylic acids is 1. The molecule has 1 fully saturated rings. The summed E-state index contributed by atoms with van der Waals surface area (Å²) in [6.45, 7) is 3.81. The monoisotopic (exact) mass is 322 g/mol. The van der Waals surface area contributed by atoms with Gasteiger partial charge in [-0.1, -0.05) is 67.6 Å². The Labute approximate surface area is 144 Å². The van der Waals surface area contributed by atoms with Crippen LogP contribution in [-0.2, 0) is 17.9 Å². The third-order valence-electron chi connectivity index (χ3n) is 5.28. The molecular weight excluding hydrogens is 296 g/mol. The molecular formula is C21H26N2O. The zero-order valence-electron chi connectivity index (χ0n) is 14.3. The van der Waals surface area contributed by atoms with E-state index in [1.54, 1.807) is 0 Å². The van der Waals surface area contributed by atoms with E-state index in [0.29, 0.717) is 6.04 Å². The number of rotatable bonds is 6. The Hall–Kier alpha value is -2.13. The van der Waals surface area contributed by atoms with Crippen LogP contribution < -0.4 is 5.73 Å². The van der Waals surface area contributed by atoms with E-state index >= 15 is 0 Å². The Kier molecular flexibility index (Phi) is 5.00. The topological polar surface area (TPSA) is 46.3 Å². The van der Waals surface area contributed by atoms with Gasteiger partial charge in [0.15, 0.2) is 0 Å². The molecule has 3 rings (SSSR count). The van der Waals surface area contributed by atoms with E-state index < -0.39 is 0 Å². The minimum absolute atomic E-state index is 0.163. The fraction of sp³-hybridized carbons (Fsp3) is 0.381. The molecule has 2 aromatic rings. The van der Waals surface area contributed by atoms with Crippen LogP contribution in [0.3, 0.4) is 0 Å². The van der Waals surface area contributed by atoms with Crippen molar-refractivity contribution in [3.8, 4) is 0 Å². The van der Waals surface area contributed by atoms with E-state index in [0.717, 1.165) is 32.4 Å². The van der Waals surface area contributed by atoms with Crippen LogP contribution in [0.4, 0.5) is 0 Å². The van der Waals surface area contributed by atoms with Gasteiger partial charge in [-0.25, -0.2) is 0 Å². The van der Waals surface area contributed by atoms with E-state index in [2.05, 4.69) is 53.4 Å². The number of benzene rings is 2. The lowest BCUT2D eigenvalue weighted by molar-refractivity contribution is -0.126. The summed E-state index contributed by atoms with van der Waals surface area (Å²) in [4.78, 5) is 14.3. The van der Waals surface area contributed by atoms with Crippen LogP contribution in [-0.4, -0.2) is 16.8 Å². The van der Waals surface area contributed by atoms with E-state index in [-0.39, 0.29) is 11.3 Å². The van der Waals surface area contributed by atoms with Crippen LogP contribution in [0.25, 0.3) is 0 Å². The van der Waals surface area contributed by atoms with Crippen molar-refractivity contribution >= 4 is 5.91 Å². The van der Waals surface area contributed by atoms with Crippen LogP contribution in [0.2, 0.25) is 0 Å². The molecule has 3 nitrogen and oxygen atoms in total. The number of hydrogen-bond donors (Lipinski definition) is 1. The van der Waals surface area contributed by atoms with Crippen LogP contribution in [0.5, 0.6) is 0 Å². The van der Waals surface area contributed by atoms with E-state index in [1.807, 2.05) is 19.1 Å². The van der Waals surface area contributed by atoms with Crippen molar-refractivity contribution in [2.45, 2.75) is 45.3 Å². The number of nitrogens with zero attached hydrogens (tertiary/aromatic N) is 1. The first kappa shape index (κ1) is 16.7. The summed E-state index contributed by atoms with van der Waals surface area (Å²) in [6, 6.07) is 21.5. The Morgan fingerprint density at radius 3 is 1.96 bits per heavy atom. The predicted molar refractivity (Wildman–Crippen MR) is 97.1 cm³/mol. The van der Waals surface area contributed by atoms with Crippen LogP contribution in [0.15, 0.2) is 60.7 Å². The van der Waals surface area contributed by atoms with Gasteiger partial charge in [0, 0.05) is 24.5 Å². The highest BCUT2D eigenvalue weighted by Gasteiger charge is 2.41. The molecule has 0 bridgehead atoms. The lowest BCUT2D eigenvalue weighted by Crippen LogP contribution is -2.37. The molecule has 0 saturated heterocycles. The lowest BCUT2D eigenvalue weighted by atomic mass is 9.88. The Morgan fingerprint density at radius 2 is 1.54 bits per heavy atom. The summed E-state index contributed by atoms with van der Waals surface area (Å²) in [5, 5.41) is 0. The van der Waals surface area contributed by atoms with Crippen molar-refractivity contribution in [3.63, 3.8) is 0 Å². The first-order valence-corrected chi connectivity index (χ1v) is 8.69. The number of primary amides is 1. The van der Waals surface area contributed by atoms with Gasteiger partial charge < -0.3 is 5.73 Å². The summed E-state index contributed by atoms with van der Waals surface area (Å²) in [6.07, 6.45) is 2.76. The molecule has 1 amide bonds. The van der Waals surface area contributed by atoms with Gasteiger partial charge in [-0.05, 0) is 30.4 Å². The maximum Gasteiger partial charge on any atom is 0.223 e. The highest BCUT2D eigenvalue weighted by molar-refractivity contribution is 5.80. The number of hydrogen-bond acceptors (Lipinski definition) is 2. The van der Waals surface area contributed by atoms with Gasteiger partial charge in [-0.2, -0.15) is 0 Å². The van der Waals surface area contributed by atoms with Crippen LogP contribution in [0.1, 0.15) is 37.3 Å². The van der Waals surface area contributed by atoms with Gasteiger partial charge in [0.25, 0.3) is 0 Å². The molecule has 1 saturated carbocycles. The molecule has 2 aromatic carbocycles. The number of amides is 1. The smallest absolute Gasteiger partial charge is 0.223 e. The zero-order chi connectivity index (χ0) is 17.0.